The van der Waals surface area contributed by atoms with Gasteiger partial charge in [0, 0.05) is 12.8 Å². The van der Waals surface area contributed by atoms with Gasteiger partial charge in [-0.15, -0.1) is 0 Å². The van der Waals surface area contributed by atoms with E-state index in [1.54, 1.807) is 6.08 Å². The molecule has 59 heavy (non-hydrogen) atoms. The topological polar surface area (TPSA) is 95.9 Å². The van der Waals surface area contributed by atoms with Gasteiger partial charge >= 0.3 is 5.97 Å². The quantitative estimate of drug-likeness (QED) is 0.0322. The lowest BCUT2D eigenvalue weighted by molar-refractivity contribution is -0.143. The molecule has 0 saturated carbocycles. The van der Waals surface area contributed by atoms with Crippen LogP contribution in [0.2, 0.25) is 0 Å². The summed E-state index contributed by atoms with van der Waals surface area (Å²) < 4.78 is 5.46. The van der Waals surface area contributed by atoms with Crippen molar-refractivity contribution in [3.63, 3.8) is 0 Å². The molecule has 0 rings (SSSR count). The van der Waals surface area contributed by atoms with Crippen molar-refractivity contribution in [2.24, 2.45) is 0 Å². The van der Waals surface area contributed by atoms with E-state index in [1.807, 2.05) is 6.08 Å². The van der Waals surface area contributed by atoms with Gasteiger partial charge < -0.3 is 20.3 Å². The summed E-state index contributed by atoms with van der Waals surface area (Å²) in [6.45, 7) is 4.86. The Hall–Kier alpha value is -1.66. The number of allylic oxidation sites excluding steroid dienone is 3. The lowest BCUT2D eigenvalue weighted by Crippen LogP contribution is -2.45. The number of unbranched alkanes of at least 4 members (excludes halogenated alkanes) is 35. The summed E-state index contributed by atoms with van der Waals surface area (Å²) >= 11 is 0. The Bertz CT molecular complexity index is 920. The van der Waals surface area contributed by atoms with Crippen LogP contribution in [0.1, 0.15) is 277 Å². The van der Waals surface area contributed by atoms with Gasteiger partial charge in [-0.25, -0.2) is 0 Å². The van der Waals surface area contributed by atoms with Crippen molar-refractivity contribution in [1.82, 2.24) is 5.32 Å². The van der Waals surface area contributed by atoms with E-state index in [1.165, 1.54) is 205 Å². The fourth-order valence-electron chi connectivity index (χ4n) is 7.92. The number of nitrogens with one attached hydrogen (secondary N) is 1. The van der Waals surface area contributed by atoms with Crippen LogP contribution < -0.4 is 5.32 Å². The Balaban J connectivity index is 3.40. The number of hydrogen-bond acceptors (Lipinski definition) is 5. The molecule has 0 bridgehead atoms. The number of hydrogen-bond donors (Lipinski definition) is 3. The fraction of sp³-hybridized carbons (Fsp3) is 0.887. The van der Waals surface area contributed by atoms with Gasteiger partial charge in [0.05, 0.1) is 25.4 Å². The molecular weight excluding hydrogens is 731 g/mol. The number of aliphatic hydroxyl groups excluding tert-OH is 2. The highest BCUT2D eigenvalue weighted by molar-refractivity contribution is 5.76. The molecular formula is C53H101NO5. The highest BCUT2D eigenvalue weighted by Crippen LogP contribution is 2.16. The first-order valence-electron chi connectivity index (χ1n) is 26.1. The molecule has 0 aliphatic rings. The van der Waals surface area contributed by atoms with Crippen molar-refractivity contribution < 1.29 is 24.5 Å². The standard InChI is InChI=1S/C53H101NO5/c1-3-5-7-9-11-13-15-23-27-31-35-39-43-47-53(58)59-48-44-40-36-32-28-25-22-20-18-16-17-19-21-24-26-30-34-38-42-46-52(57)54-50(49-55)51(56)45-41-37-33-29-14-12-10-8-6-4-2/h13,15,41,45,50-51,55-56H,3-12,14,16-40,42-44,46-49H2,1-2H3,(H,54,57)/b15-13-,45-41+. The van der Waals surface area contributed by atoms with E-state index in [0.717, 1.165) is 44.9 Å². The minimum absolute atomic E-state index is 0.00147. The van der Waals surface area contributed by atoms with Crippen molar-refractivity contribution in [3.05, 3.63) is 24.3 Å². The summed E-state index contributed by atoms with van der Waals surface area (Å²) in [5.74, 6) is -0.0745. The molecule has 2 unspecified atom stereocenters. The fourth-order valence-corrected chi connectivity index (χ4v) is 7.92. The van der Waals surface area contributed by atoms with Crippen molar-refractivity contribution in [2.75, 3.05) is 13.2 Å². The van der Waals surface area contributed by atoms with E-state index in [4.69, 9.17) is 4.74 Å². The van der Waals surface area contributed by atoms with Gasteiger partial charge in [0.2, 0.25) is 5.91 Å². The van der Waals surface area contributed by atoms with Crippen LogP contribution in [0.15, 0.2) is 24.3 Å². The van der Waals surface area contributed by atoms with Gasteiger partial charge in [-0.1, -0.05) is 231 Å². The van der Waals surface area contributed by atoms with Gasteiger partial charge in [0.25, 0.3) is 0 Å². The summed E-state index contributed by atoms with van der Waals surface area (Å²) in [6.07, 6.45) is 57.6. The van der Waals surface area contributed by atoms with Gasteiger partial charge in [-0.2, -0.15) is 0 Å². The monoisotopic (exact) mass is 832 g/mol. The highest BCUT2D eigenvalue weighted by atomic mass is 16.5. The summed E-state index contributed by atoms with van der Waals surface area (Å²) in [7, 11) is 0. The molecule has 0 radical (unpaired) electrons. The van der Waals surface area contributed by atoms with Crippen molar-refractivity contribution in [1.29, 1.82) is 0 Å². The largest absolute Gasteiger partial charge is 0.466 e. The number of aliphatic hydroxyl groups is 2. The van der Waals surface area contributed by atoms with E-state index >= 15 is 0 Å². The molecule has 6 nitrogen and oxygen atoms in total. The normalized spacial score (nSPS) is 12.8. The predicted octanol–water partition coefficient (Wildman–Crippen LogP) is 15.5. The van der Waals surface area contributed by atoms with E-state index in [9.17, 15) is 19.8 Å². The Labute approximate surface area is 367 Å². The van der Waals surface area contributed by atoms with Crippen molar-refractivity contribution >= 4 is 11.9 Å². The second-order valence-corrected chi connectivity index (χ2v) is 17.9. The van der Waals surface area contributed by atoms with Gasteiger partial charge in [-0.3, -0.25) is 9.59 Å². The van der Waals surface area contributed by atoms with Crippen LogP contribution in [0.25, 0.3) is 0 Å². The summed E-state index contributed by atoms with van der Waals surface area (Å²) in [5, 5.41) is 22.9. The third kappa shape index (κ3) is 45.7. The smallest absolute Gasteiger partial charge is 0.305 e. The molecule has 1 amide bonds. The zero-order chi connectivity index (χ0) is 43.0. The first kappa shape index (κ1) is 57.3. The van der Waals surface area contributed by atoms with Crippen LogP contribution in [0.5, 0.6) is 0 Å². The maximum atomic E-state index is 12.4. The third-order valence-electron chi connectivity index (χ3n) is 12.0. The Morgan fingerprint density at radius 2 is 0.797 bits per heavy atom. The van der Waals surface area contributed by atoms with E-state index in [-0.39, 0.29) is 18.5 Å². The molecule has 348 valence electrons. The minimum Gasteiger partial charge on any atom is -0.466 e. The molecule has 2 atom stereocenters. The van der Waals surface area contributed by atoms with Gasteiger partial charge in [0.1, 0.15) is 0 Å². The SMILES string of the molecule is CCCCCC/C=C\CCCCCCCC(=O)OCCCCCCCCCCCCCCCCCCCCCC(=O)NC(CO)C(O)/C=C/CCCCCCCCCC. The lowest BCUT2D eigenvalue weighted by atomic mass is 10.0. The second-order valence-electron chi connectivity index (χ2n) is 17.9. The summed E-state index contributed by atoms with van der Waals surface area (Å²) in [6, 6.07) is -0.628. The number of carbonyl (C=O) groups is 2. The Morgan fingerprint density at radius 3 is 1.22 bits per heavy atom. The summed E-state index contributed by atoms with van der Waals surface area (Å²) in [5.41, 5.74) is 0. The predicted molar refractivity (Wildman–Crippen MR) is 255 cm³/mol. The molecule has 6 heteroatoms. The molecule has 0 aliphatic carbocycles. The van der Waals surface area contributed by atoms with Crippen LogP contribution in [-0.2, 0) is 14.3 Å². The molecule has 0 aromatic carbocycles. The molecule has 0 heterocycles. The average Bonchev–Trinajstić information content (AvgIpc) is 3.24. The minimum atomic E-state index is -0.844. The molecule has 3 N–H and O–H groups in total. The molecule has 0 aromatic rings. The van der Waals surface area contributed by atoms with E-state index in [0.29, 0.717) is 19.4 Å². The number of amides is 1. The van der Waals surface area contributed by atoms with Crippen molar-refractivity contribution in [3.8, 4) is 0 Å². The van der Waals surface area contributed by atoms with Crippen LogP contribution in [0.4, 0.5) is 0 Å². The maximum Gasteiger partial charge on any atom is 0.305 e. The Morgan fingerprint density at radius 1 is 0.458 bits per heavy atom. The number of ether oxygens (including phenoxy) is 1. The van der Waals surface area contributed by atoms with Crippen LogP contribution in [0, 0.1) is 0 Å². The number of rotatable bonds is 48. The average molecular weight is 832 g/mol. The van der Waals surface area contributed by atoms with Gasteiger partial charge in [-0.05, 0) is 57.8 Å². The second kappa shape index (κ2) is 49.0. The molecule has 0 aliphatic heterocycles. The van der Waals surface area contributed by atoms with Crippen LogP contribution >= 0.6 is 0 Å². The zero-order valence-electron chi connectivity index (χ0n) is 39.5. The number of esters is 1. The highest BCUT2D eigenvalue weighted by Gasteiger charge is 2.18. The van der Waals surface area contributed by atoms with Crippen LogP contribution in [0.3, 0.4) is 0 Å². The zero-order valence-corrected chi connectivity index (χ0v) is 39.5. The van der Waals surface area contributed by atoms with E-state index < -0.39 is 12.1 Å². The maximum absolute atomic E-state index is 12.4. The first-order chi connectivity index (χ1) is 29.0. The first-order valence-corrected chi connectivity index (χ1v) is 26.1. The Kier molecular flexibility index (Phi) is 47.6. The molecule has 0 aromatic heterocycles. The summed E-state index contributed by atoms with van der Waals surface area (Å²) in [4.78, 5) is 24.4. The third-order valence-corrected chi connectivity index (χ3v) is 12.0. The van der Waals surface area contributed by atoms with Crippen molar-refractivity contribution in [2.45, 2.75) is 289 Å². The lowest BCUT2D eigenvalue weighted by Gasteiger charge is -2.20. The number of carbonyl (C=O) groups excluding carboxylic acids is 2. The van der Waals surface area contributed by atoms with E-state index in [2.05, 4.69) is 31.3 Å². The molecule has 0 fully saturated rings. The molecule has 0 spiro atoms. The molecule has 0 saturated heterocycles. The van der Waals surface area contributed by atoms with Crippen LogP contribution in [-0.4, -0.2) is 47.4 Å². The van der Waals surface area contributed by atoms with Gasteiger partial charge in [0.15, 0.2) is 0 Å².